The van der Waals surface area contributed by atoms with Crippen LogP contribution >= 0.6 is 0 Å². The number of likely N-dealkylation sites (N-methyl/N-ethyl adjacent to an activating group) is 1. The third kappa shape index (κ3) is 3.82. The quantitative estimate of drug-likeness (QED) is 0.819. The Morgan fingerprint density at radius 1 is 1.04 bits per heavy atom. The molecule has 1 aliphatic carbocycles. The van der Waals surface area contributed by atoms with E-state index in [9.17, 15) is 9.59 Å². The molecule has 0 unspecified atom stereocenters. The van der Waals surface area contributed by atoms with Gasteiger partial charge in [-0.1, -0.05) is 68.8 Å². The van der Waals surface area contributed by atoms with Gasteiger partial charge in [0.1, 0.15) is 12.6 Å². The number of fused-ring (bicyclic) bond motifs is 3. The second kappa shape index (κ2) is 8.25. The largest absolute Gasteiger partial charge is 0.449 e. The molecule has 0 fully saturated rings. The topological polar surface area (TPSA) is 67.4 Å². The van der Waals surface area contributed by atoms with Crippen LogP contribution in [0.5, 0.6) is 0 Å². The Hall–Kier alpha value is -2.82. The van der Waals surface area contributed by atoms with Crippen molar-refractivity contribution in [3.8, 4) is 11.1 Å². The summed E-state index contributed by atoms with van der Waals surface area (Å²) < 4.78 is 5.53. The molecule has 0 spiro atoms. The lowest BCUT2D eigenvalue weighted by molar-refractivity contribution is -0.123. The van der Waals surface area contributed by atoms with Gasteiger partial charge in [-0.2, -0.15) is 0 Å². The van der Waals surface area contributed by atoms with Gasteiger partial charge in [0.2, 0.25) is 5.91 Å². The van der Waals surface area contributed by atoms with Gasteiger partial charge in [-0.15, -0.1) is 0 Å². The van der Waals surface area contributed by atoms with Crippen molar-refractivity contribution in [1.29, 1.82) is 0 Å². The van der Waals surface area contributed by atoms with E-state index in [1.165, 1.54) is 11.1 Å². The minimum atomic E-state index is -0.601. The Balaban J connectivity index is 1.71. The maximum absolute atomic E-state index is 12.4. The van der Waals surface area contributed by atoms with Crippen LogP contribution in [0.3, 0.4) is 0 Å². The molecule has 0 radical (unpaired) electrons. The summed E-state index contributed by atoms with van der Waals surface area (Å²) in [6, 6.07) is 15.8. The van der Waals surface area contributed by atoms with Crippen molar-refractivity contribution in [2.45, 2.75) is 32.2 Å². The van der Waals surface area contributed by atoms with E-state index in [0.29, 0.717) is 0 Å². The van der Waals surface area contributed by atoms with Crippen molar-refractivity contribution in [2.75, 3.05) is 13.7 Å². The predicted octanol–water partition coefficient (Wildman–Crippen LogP) is 3.69. The fraction of sp³-hybridized carbons (Fsp3) is 0.364. The van der Waals surface area contributed by atoms with Crippen LogP contribution in [-0.4, -0.2) is 31.7 Å². The Bertz CT molecular complexity index is 788. The predicted molar refractivity (Wildman–Crippen MR) is 106 cm³/mol. The molecule has 0 saturated carbocycles. The fourth-order valence-electron chi connectivity index (χ4n) is 3.62. The molecule has 2 N–H and O–H groups in total. The molecular formula is C22H26N2O3. The first-order chi connectivity index (χ1) is 13.1. The van der Waals surface area contributed by atoms with Crippen molar-refractivity contribution in [3.05, 3.63) is 59.7 Å². The van der Waals surface area contributed by atoms with Gasteiger partial charge in [0.15, 0.2) is 0 Å². The van der Waals surface area contributed by atoms with Crippen LogP contribution < -0.4 is 10.6 Å². The zero-order valence-corrected chi connectivity index (χ0v) is 16.0. The lowest BCUT2D eigenvalue weighted by Crippen LogP contribution is -2.49. The normalized spacial score (nSPS) is 14.6. The Morgan fingerprint density at radius 2 is 1.59 bits per heavy atom. The monoisotopic (exact) mass is 366 g/mol. The van der Waals surface area contributed by atoms with E-state index in [0.717, 1.165) is 17.5 Å². The standard InChI is InChI=1S/C22H26N2O3/c1-4-14(2)20(21(25)23-3)24-22(26)27-13-19-17-11-7-5-9-15(17)16-10-6-8-12-18(16)19/h5-12,14,19-20H,4,13H2,1-3H3,(H,23,25)(H,24,26)/t14-,20-/m0/s1. The highest BCUT2D eigenvalue weighted by Crippen LogP contribution is 2.44. The number of hydrogen-bond donors (Lipinski definition) is 2. The van der Waals surface area contributed by atoms with Crippen LogP contribution in [0.25, 0.3) is 11.1 Å². The zero-order chi connectivity index (χ0) is 19.4. The minimum Gasteiger partial charge on any atom is -0.449 e. The average molecular weight is 366 g/mol. The van der Waals surface area contributed by atoms with Crippen LogP contribution in [0, 0.1) is 5.92 Å². The maximum Gasteiger partial charge on any atom is 0.407 e. The van der Waals surface area contributed by atoms with Gasteiger partial charge >= 0.3 is 6.09 Å². The first-order valence-electron chi connectivity index (χ1n) is 9.39. The van der Waals surface area contributed by atoms with E-state index < -0.39 is 12.1 Å². The first kappa shape index (κ1) is 19.0. The Morgan fingerprint density at radius 3 is 2.11 bits per heavy atom. The van der Waals surface area contributed by atoms with E-state index in [1.54, 1.807) is 7.05 Å². The second-order valence-electron chi connectivity index (χ2n) is 6.95. The van der Waals surface area contributed by atoms with E-state index in [4.69, 9.17) is 4.74 Å². The number of carbonyl (C=O) groups excluding carboxylic acids is 2. The molecule has 2 amide bonds. The summed E-state index contributed by atoms with van der Waals surface area (Å²) in [7, 11) is 1.57. The number of nitrogens with one attached hydrogen (secondary N) is 2. The van der Waals surface area contributed by atoms with Crippen LogP contribution in [0.1, 0.15) is 37.3 Å². The number of hydrogen-bond acceptors (Lipinski definition) is 3. The van der Waals surface area contributed by atoms with E-state index in [-0.39, 0.29) is 24.3 Å². The molecule has 5 heteroatoms. The molecule has 0 heterocycles. The van der Waals surface area contributed by atoms with E-state index in [1.807, 2.05) is 38.1 Å². The molecule has 0 bridgehead atoms. The second-order valence-corrected chi connectivity index (χ2v) is 6.95. The molecule has 0 aliphatic heterocycles. The average Bonchev–Trinajstić information content (AvgIpc) is 3.03. The number of carbonyl (C=O) groups is 2. The summed E-state index contributed by atoms with van der Waals surface area (Å²) >= 11 is 0. The number of benzene rings is 2. The van der Waals surface area contributed by atoms with Gasteiger partial charge in [0.05, 0.1) is 0 Å². The van der Waals surface area contributed by atoms with Crippen molar-refractivity contribution < 1.29 is 14.3 Å². The van der Waals surface area contributed by atoms with Gasteiger partial charge in [-0.25, -0.2) is 4.79 Å². The summed E-state index contributed by atoms with van der Waals surface area (Å²) in [5.41, 5.74) is 4.70. The van der Waals surface area contributed by atoms with Crippen LogP contribution in [-0.2, 0) is 9.53 Å². The third-order valence-electron chi connectivity index (χ3n) is 5.36. The highest BCUT2D eigenvalue weighted by Gasteiger charge is 2.30. The van der Waals surface area contributed by atoms with Crippen molar-refractivity contribution in [3.63, 3.8) is 0 Å². The molecule has 0 saturated heterocycles. The summed E-state index contributed by atoms with van der Waals surface area (Å²) in [6.45, 7) is 4.16. The molecular weight excluding hydrogens is 340 g/mol. The maximum atomic E-state index is 12.4. The number of rotatable bonds is 6. The van der Waals surface area contributed by atoms with Gasteiger partial charge in [0, 0.05) is 13.0 Å². The highest BCUT2D eigenvalue weighted by atomic mass is 16.5. The van der Waals surface area contributed by atoms with Crippen molar-refractivity contribution >= 4 is 12.0 Å². The summed E-state index contributed by atoms with van der Waals surface area (Å²) in [5, 5.41) is 5.32. The SMILES string of the molecule is CC[C@H](C)[C@H](NC(=O)OCC1c2ccccc2-c2ccccc21)C(=O)NC. The Labute approximate surface area is 160 Å². The molecule has 2 aromatic rings. The third-order valence-corrected chi connectivity index (χ3v) is 5.36. The van der Waals surface area contributed by atoms with Crippen molar-refractivity contribution in [2.24, 2.45) is 5.92 Å². The lowest BCUT2D eigenvalue weighted by atomic mass is 9.98. The smallest absolute Gasteiger partial charge is 0.407 e. The van der Waals surface area contributed by atoms with Gasteiger partial charge in [-0.05, 0) is 28.2 Å². The van der Waals surface area contributed by atoms with Gasteiger partial charge in [0.25, 0.3) is 0 Å². The summed E-state index contributed by atoms with van der Waals surface area (Å²) in [6.07, 6.45) is 0.215. The van der Waals surface area contributed by atoms with Gasteiger partial charge < -0.3 is 15.4 Å². The van der Waals surface area contributed by atoms with Crippen LogP contribution in [0.4, 0.5) is 4.79 Å². The number of amides is 2. The zero-order valence-electron chi connectivity index (χ0n) is 16.0. The molecule has 3 rings (SSSR count). The Kier molecular flexibility index (Phi) is 5.79. The molecule has 142 valence electrons. The summed E-state index contributed by atoms with van der Waals surface area (Å²) in [5.74, 6) is -0.187. The van der Waals surface area contributed by atoms with E-state index >= 15 is 0 Å². The molecule has 0 aromatic heterocycles. The van der Waals surface area contributed by atoms with E-state index in [2.05, 4.69) is 34.9 Å². The molecule has 27 heavy (non-hydrogen) atoms. The molecule has 2 atom stereocenters. The highest BCUT2D eigenvalue weighted by molar-refractivity contribution is 5.85. The molecule has 2 aromatic carbocycles. The van der Waals surface area contributed by atoms with Crippen LogP contribution in [0.15, 0.2) is 48.5 Å². The summed E-state index contributed by atoms with van der Waals surface area (Å²) in [4.78, 5) is 24.4. The molecule has 1 aliphatic rings. The fourth-order valence-corrected chi connectivity index (χ4v) is 3.62. The molecule has 5 nitrogen and oxygen atoms in total. The van der Waals surface area contributed by atoms with Gasteiger partial charge in [-0.3, -0.25) is 4.79 Å². The van der Waals surface area contributed by atoms with Crippen LogP contribution in [0.2, 0.25) is 0 Å². The first-order valence-corrected chi connectivity index (χ1v) is 9.39. The number of alkyl carbamates (subject to hydrolysis) is 1. The number of ether oxygens (including phenoxy) is 1. The van der Waals surface area contributed by atoms with Crippen molar-refractivity contribution in [1.82, 2.24) is 10.6 Å². The lowest BCUT2D eigenvalue weighted by Gasteiger charge is -2.23. The minimum absolute atomic E-state index is 0.00482.